The average molecular weight is 437 g/mol. The predicted molar refractivity (Wildman–Crippen MR) is 111 cm³/mol. The van der Waals surface area contributed by atoms with Gasteiger partial charge >= 0.3 is 11.9 Å². The summed E-state index contributed by atoms with van der Waals surface area (Å²) < 4.78 is 26.7. The molecule has 31 heavy (non-hydrogen) atoms. The number of benzene rings is 2. The third-order valence-corrected chi connectivity index (χ3v) is 3.98. The molecule has 10 heteroatoms. The zero-order chi connectivity index (χ0) is 23.4. The van der Waals surface area contributed by atoms with Gasteiger partial charge in [0.1, 0.15) is 11.5 Å². The van der Waals surface area contributed by atoms with Crippen molar-refractivity contribution in [3.63, 3.8) is 0 Å². The molecular weight excluding hydrogens is 410 g/mol. The van der Waals surface area contributed by atoms with Crippen molar-refractivity contribution in [1.29, 1.82) is 0 Å². The van der Waals surface area contributed by atoms with Crippen molar-refractivity contribution in [1.82, 2.24) is 5.32 Å². The highest BCUT2D eigenvalue weighted by Gasteiger charge is 2.13. The molecule has 0 heterocycles. The van der Waals surface area contributed by atoms with Gasteiger partial charge in [-0.2, -0.15) is 0 Å². The molecule has 0 radical (unpaired) electrons. The Balaban J connectivity index is 0.000000703. The van der Waals surface area contributed by atoms with Crippen LogP contribution < -0.4 is 29.0 Å². The van der Waals surface area contributed by atoms with E-state index in [1.165, 1.54) is 0 Å². The first-order chi connectivity index (χ1) is 14.8. The maximum atomic E-state index is 9.10. The summed E-state index contributed by atoms with van der Waals surface area (Å²) in [6.07, 6.45) is 0. The monoisotopic (exact) mass is 437 g/mol. The molecule has 0 aliphatic rings. The van der Waals surface area contributed by atoms with E-state index in [0.29, 0.717) is 30.3 Å². The molecule has 0 saturated heterocycles. The molecule has 2 rings (SSSR count). The first kappa shape index (κ1) is 25.4. The Morgan fingerprint density at radius 3 is 1.42 bits per heavy atom. The van der Waals surface area contributed by atoms with Gasteiger partial charge in [0.05, 0.1) is 35.5 Å². The van der Waals surface area contributed by atoms with E-state index in [1.807, 2.05) is 30.3 Å². The second-order valence-corrected chi connectivity index (χ2v) is 5.97. The van der Waals surface area contributed by atoms with E-state index >= 15 is 0 Å². The van der Waals surface area contributed by atoms with Gasteiger partial charge in [0.15, 0.2) is 11.5 Å². The van der Waals surface area contributed by atoms with Crippen molar-refractivity contribution in [3.8, 4) is 28.7 Å². The first-order valence-corrected chi connectivity index (χ1v) is 8.97. The van der Waals surface area contributed by atoms with Crippen molar-refractivity contribution in [2.75, 3.05) is 35.5 Å². The van der Waals surface area contributed by atoms with Crippen LogP contribution in [0.3, 0.4) is 0 Å². The number of aliphatic carboxylic acids is 2. The standard InChI is InChI=1S/C19H25NO5.C2H2O4/c1-21-15-6-13(7-16(10-15)22-2)11-20-12-14-8-17(23-3)19(25-5)18(9-14)24-4;3-1(4)2(5)6/h6-10,20H,11-12H2,1-5H3;(H,3,4)(H,5,6). The molecule has 0 unspecified atom stereocenters. The normalized spacial score (nSPS) is 9.71. The van der Waals surface area contributed by atoms with Gasteiger partial charge in [-0.15, -0.1) is 0 Å². The predicted octanol–water partition coefficient (Wildman–Crippen LogP) is 2.17. The molecule has 2 aromatic rings. The molecule has 0 spiro atoms. The van der Waals surface area contributed by atoms with Crippen LogP contribution in [0.25, 0.3) is 0 Å². The molecule has 0 fully saturated rings. The van der Waals surface area contributed by atoms with Crippen LogP contribution in [0, 0.1) is 0 Å². The van der Waals surface area contributed by atoms with Gasteiger partial charge in [-0.1, -0.05) is 0 Å². The Morgan fingerprint density at radius 1 is 0.677 bits per heavy atom. The summed E-state index contributed by atoms with van der Waals surface area (Å²) >= 11 is 0. The van der Waals surface area contributed by atoms with Crippen molar-refractivity contribution >= 4 is 11.9 Å². The molecule has 2 aromatic carbocycles. The highest BCUT2D eigenvalue weighted by atomic mass is 16.5. The van der Waals surface area contributed by atoms with E-state index in [4.69, 9.17) is 43.5 Å². The number of methoxy groups -OCH3 is 5. The van der Waals surface area contributed by atoms with Gasteiger partial charge in [-0.05, 0) is 35.4 Å². The molecule has 3 N–H and O–H groups in total. The summed E-state index contributed by atoms with van der Waals surface area (Å²) in [5.74, 6) is -0.243. The fourth-order valence-corrected chi connectivity index (χ4v) is 2.56. The zero-order valence-electron chi connectivity index (χ0n) is 18.1. The van der Waals surface area contributed by atoms with Crippen molar-refractivity contribution in [2.45, 2.75) is 13.1 Å². The number of nitrogens with one attached hydrogen (secondary N) is 1. The molecule has 10 nitrogen and oxygen atoms in total. The highest BCUT2D eigenvalue weighted by Crippen LogP contribution is 2.38. The van der Waals surface area contributed by atoms with Gasteiger partial charge < -0.3 is 39.2 Å². The quantitative estimate of drug-likeness (QED) is 0.501. The second kappa shape index (κ2) is 12.8. The number of hydrogen-bond donors (Lipinski definition) is 3. The van der Waals surface area contributed by atoms with Crippen molar-refractivity contribution in [2.24, 2.45) is 0 Å². The van der Waals surface area contributed by atoms with Crippen molar-refractivity contribution < 1.29 is 43.5 Å². The zero-order valence-corrected chi connectivity index (χ0v) is 18.1. The minimum atomic E-state index is -1.82. The van der Waals surface area contributed by atoms with Crippen LogP contribution in [0.5, 0.6) is 28.7 Å². The highest BCUT2D eigenvalue weighted by molar-refractivity contribution is 6.27. The molecule has 0 aromatic heterocycles. The molecule has 0 bridgehead atoms. The maximum Gasteiger partial charge on any atom is 0.414 e. The average Bonchev–Trinajstić information content (AvgIpc) is 2.78. The first-order valence-electron chi connectivity index (χ1n) is 8.97. The van der Waals surface area contributed by atoms with Crippen LogP contribution in [0.4, 0.5) is 0 Å². The number of ether oxygens (including phenoxy) is 5. The topological polar surface area (TPSA) is 133 Å². The van der Waals surface area contributed by atoms with Crippen LogP contribution in [0.2, 0.25) is 0 Å². The number of carboxylic acid groups (broad SMARTS) is 2. The summed E-state index contributed by atoms with van der Waals surface area (Å²) in [5.41, 5.74) is 2.10. The lowest BCUT2D eigenvalue weighted by molar-refractivity contribution is -0.159. The lowest BCUT2D eigenvalue weighted by Gasteiger charge is -2.14. The molecule has 0 saturated carbocycles. The summed E-state index contributed by atoms with van der Waals surface area (Å²) in [6, 6.07) is 9.67. The van der Waals surface area contributed by atoms with Gasteiger partial charge in [0.25, 0.3) is 0 Å². The van der Waals surface area contributed by atoms with E-state index in [2.05, 4.69) is 5.32 Å². The summed E-state index contributed by atoms with van der Waals surface area (Å²) in [5, 5.41) is 18.2. The number of carboxylic acids is 2. The third-order valence-electron chi connectivity index (χ3n) is 3.98. The number of carbonyl (C=O) groups is 2. The molecular formula is C21H27NO9. The maximum absolute atomic E-state index is 9.10. The van der Waals surface area contributed by atoms with E-state index in [9.17, 15) is 0 Å². The Hall–Kier alpha value is -3.66. The fraction of sp³-hybridized carbons (Fsp3) is 0.333. The fourth-order valence-electron chi connectivity index (χ4n) is 2.56. The Labute approximate surface area is 180 Å². The number of hydrogen-bond acceptors (Lipinski definition) is 8. The third kappa shape index (κ3) is 7.94. The molecule has 0 aliphatic heterocycles. The minimum Gasteiger partial charge on any atom is -0.497 e. The molecule has 170 valence electrons. The summed E-state index contributed by atoms with van der Waals surface area (Å²) in [7, 11) is 8.09. The number of rotatable bonds is 9. The van der Waals surface area contributed by atoms with Gasteiger partial charge in [-0.25, -0.2) is 9.59 Å². The van der Waals surface area contributed by atoms with Crippen LogP contribution in [0.1, 0.15) is 11.1 Å². The SMILES string of the molecule is COc1cc(CNCc2cc(OC)c(OC)c(OC)c2)cc(OC)c1.O=C(O)C(=O)O. The largest absolute Gasteiger partial charge is 0.497 e. The van der Waals surface area contributed by atoms with Crippen molar-refractivity contribution in [3.05, 3.63) is 41.5 Å². The van der Waals surface area contributed by atoms with Crippen LogP contribution >= 0.6 is 0 Å². The molecule has 0 amide bonds. The Bertz CT molecular complexity index is 824. The van der Waals surface area contributed by atoms with E-state index in [-0.39, 0.29) is 0 Å². The summed E-state index contributed by atoms with van der Waals surface area (Å²) in [6.45, 7) is 1.32. The van der Waals surface area contributed by atoms with Crippen LogP contribution in [-0.2, 0) is 22.7 Å². The lowest BCUT2D eigenvalue weighted by atomic mass is 10.1. The smallest absolute Gasteiger partial charge is 0.414 e. The van der Waals surface area contributed by atoms with Gasteiger partial charge in [0, 0.05) is 19.2 Å². The van der Waals surface area contributed by atoms with E-state index in [1.54, 1.807) is 35.5 Å². The molecule has 0 aliphatic carbocycles. The minimum absolute atomic E-state index is 0.589. The second-order valence-electron chi connectivity index (χ2n) is 5.97. The Morgan fingerprint density at radius 2 is 1.10 bits per heavy atom. The molecule has 0 atom stereocenters. The van der Waals surface area contributed by atoms with E-state index < -0.39 is 11.9 Å². The Kier molecular flexibility index (Phi) is 10.5. The van der Waals surface area contributed by atoms with E-state index in [0.717, 1.165) is 22.6 Å². The van der Waals surface area contributed by atoms with Crippen LogP contribution in [-0.4, -0.2) is 57.7 Å². The van der Waals surface area contributed by atoms with Crippen LogP contribution in [0.15, 0.2) is 30.3 Å². The lowest BCUT2D eigenvalue weighted by Crippen LogP contribution is -2.13. The summed E-state index contributed by atoms with van der Waals surface area (Å²) in [4.78, 5) is 18.2. The van der Waals surface area contributed by atoms with Gasteiger partial charge in [0.2, 0.25) is 5.75 Å². The van der Waals surface area contributed by atoms with Gasteiger partial charge in [-0.3, -0.25) is 0 Å².